The number of anilines is 1. The number of hydrogen-bond acceptors (Lipinski definition) is 7. The van der Waals surface area contributed by atoms with Crippen LogP contribution in [0.1, 0.15) is 23.0 Å². The minimum Gasteiger partial charge on any atom is -0.486 e. The summed E-state index contributed by atoms with van der Waals surface area (Å²) in [6.45, 7) is 0.197. The summed E-state index contributed by atoms with van der Waals surface area (Å²) < 4.78 is 44.6. The summed E-state index contributed by atoms with van der Waals surface area (Å²) in [5.41, 5.74) is -0.773. The van der Waals surface area contributed by atoms with Gasteiger partial charge in [-0.1, -0.05) is 0 Å². The third-order valence-electron chi connectivity index (χ3n) is 4.51. The predicted octanol–water partition coefficient (Wildman–Crippen LogP) is 1.18. The van der Waals surface area contributed by atoms with Crippen LogP contribution in [0.25, 0.3) is 0 Å². The molecule has 2 N–H and O–H groups in total. The highest BCUT2D eigenvalue weighted by Crippen LogP contribution is 2.41. The maximum Gasteiger partial charge on any atom is 0.351 e. The molecule has 0 spiro atoms. The number of aliphatic hydroxyl groups is 1. The Morgan fingerprint density at radius 1 is 1.28 bits per heavy atom. The number of halogens is 2. The molecule has 1 unspecified atom stereocenters. The molecule has 2 aliphatic heterocycles. The summed E-state index contributed by atoms with van der Waals surface area (Å²) in [6, 6.07) is 5.81. The predicted molar refractivity (Wildman–Crippen MR) is 94.4 cm³/mol. The van der Waals surface area contributed by atoms with E-state index in [0.717, 1.165) is 6.20 Å². The molecule has 2 aromatic rings. The van der Waals surface area contributed by atoms with Crippen molar-refractivity contribution in [3.05, 3.63) is 46.5 Å². The maximum atomic E-state index is 14.1. The number of fused-ring (bicyclic) bond motifs is 1. The average Bonchev–Trinajstić information content (AvgIpc) is 3.02. The van der Waals surface area contributed by atoms with Crippen LogP contribution in [0, 0.1) is 0 Å². The monoisotopic (exact) mass is 409 g/mol. The lowest BCUT2D eigenvalue weighted by Crippen LogP contribution is -2.35. The van der Waals surface area contributed by atoms with Crippen molar-refractivity contribution in [2.24, 2.45) is 0 Å². The fourth-order valence-corrected chi connectivity index (χ4v) is 3.14. The number of rotatable bonds is 4. The number of ether oxygens (including phenoxy) is 3. The zero-order chi connectivity index (χ0) is 20.6. The molecule has 11 heteroatoms. The van der Waals surface area contributed by atoms with Crippen molar-refractivity contribution in [3.8, 4) is 11.5 Å². The lowest BCUT2D eigenvalue weighted by atomic mass is 10.2. The molecule has 1 aromatic heterocycles. The summed E-state index contributed by atoms with van der Waals surface area (Å²) in [5.74, 6) is -3.06. The number of amides is 1. The zero-order valence-electron chi connectivity index (χ0n) is 15.0. The number of carbonyl (C=O) groups is 1. The highest BCUT2D eigenvalue weighted by atomic mass is 19.3. The second-order valence-corrected chi connectivity index (χ2v) is 6.57. The highest BCUT2D eigenvalue weighted by Gasteiger charge is 2.51. The molecular weight excluding hydrogens is 392 g/mol. The fourth-order valence-electron chi connectivity index (χ4n) is 3.14. The van der Waals surface area contributed by atoms with Crippen molar-refractivity contribution in [2.75, 3.05) is 25.1 Å². The lowest BCUT2D eigenvalue weighted by molar-refractivity contribution is -0.120. The minimum atomic E-state index is -3.34. The van der Waals surface area contributed by atoms with Gasteiger partial charge in [0, 0.05) is 18.2 Å². The molecule has 2 aliphatic rings. The van der Waals surface area contributed by atoms with Crippen LogP contribution in [0.15, 0.2) is 35.3 Å². The van der Waals surface area contributed by atoms with E-state index in [4.69, 9.17) is 19.3 Å². The number of carbonyl (C=O) groups excluding carboxylic acids is 1. The molecule has 1 aromatic carbocycles. The highest BCUT2D eigenvalue weighted by molar-refractivity contribution is 6.04. The Labute approximate surface area is 162 Å². The standard InChI is InChI=1S/C18H17F2N3O6/c19-18(20)8-11(9-24)29-16(18)23-4-3-14(22-17(23)26)21-15(25)10-1-2-12-13(7-10)28-6-5-27-12/h1-4,7,11,16,24H,5-6,8-9H2,(H,21,22,25,26)/t11-,16?/m0/s1. The first-order chi connectivity index (χ1) is 13.9. The number of aromatic nitrogens is 2. The van der Waals surface area contributed by atoms with Crippen LogP contribution in [0.5, 0.6) is 11.5 Å². The fraction of sp³-hybridized carbons (Fsp3) is 0.389. The first-order valence-corrected chi connectivity index (χ1v) is 8.82. The maximum absolute atomic E-state index is 14.1. The van der Waals surface area contributed by atoms with Crippen LogP contribution < -0.4 is 20.5 Å². The van der Waals surface area contributed by atoms with Gasteiger partial charge >= 0.3 is 5.69 Å². The van der Waals surface area contributed by atoms with E-state index in [9.17, 15) is 18.4 Å². The van der Waals surface area contributed by atoms with Gasteiger partial charge in [-0.2, -0.15) is 4.98 Å². The second kappa shape index (κ2) is 7.41. The SMILES string of the molecule is O=C(Nc1ccn(C2O[C@H](CO)CC2(F)F)c(=O)n1)c1ccc2c(c1)OCCO2. The van der Waals surface area contributed by atoms with Crippen molar-refractivity contribution in [3.63, 3.8) is 0 Å². The van der Waals surface area contributed by atoms with Gasteiger partial charge in [-0.05, 0) is 24.3 Å². The van der Waals surface area contributed by atoms with E-state index >= 15 is 0 Å². The summed E-state index contributed by atoms with van der Waals surface area (Å²) in [4.78, 5) is 28.2. The van der Waals surface area contributed by atoms with E-state index < -0.39 is 42.9 Å². The molecule has 2 atom stereocenters. The first kappa shape index (κ1) is 19.3. The van der Waals surface area contributed by atoms with E-state index in [-0.39, 0.29) is 11.4 Å². The topological polar surface area (TPSA) is 112 Å². The third-order valence-corrected chi connectivity index (χ3v) is 4.51. The van der Waals surface area contributed by atoms with Crippen LogP contribution in [-0.4, -0.2) is 52.4 Å². The molecule has 1 amide bonds. The molecule has 0 radical (unpaired) electrons. The van der Waals surface area contributed by atoms with Gasteiger partial charge in [0.1, 0.15) is 19.0 Å². The summed E-state index contributed by atoms with van der Waals surface area (Å²) in [6.07, 6.45) is -2.59. The van der Waals surface area contributed by atoms with Crippen molar-refractivity contribution in [1.82, 2.24) is 9.55 Å². The van der Waals surface area contributed by atoms with Crippen LogP contribution in [-0.2, 0) is 4.74 Å². The van der Waals surface area contributed by atoms with Crippen LogP contribution >= 0.6 is 0 Å². The van der Waals surface area contributed by atoms with Crippen LogP contribution in [0.3, 0.4) is 0 Å². The van der Waals surface area contributed by atoms with Gasteiger partial charge in [0.15, 0.2) is 11.5 Å². The molecule has 154 valence electrons. The van der Waals surface area contributed by atoms with E-state index in [1.165, 1.54) is 18.2 Å². The van der Waals surface area contributed by atoms with Gasteiger partial charge in [0.2, 0.25) is 6.23 Å². The molecule has 9 nitrogen and oxygen atoms in total. The Morgan fingerprint density at radius 2 is 2.03 bits per heavy atom. The summed E-state index contributed by atoms with van der Waals surface area (Å²) in [7, 11) is 0. The van der Waals surface area contributed by atoms with Gasteiger partial charge in [-0.3, -0.25) is 9.36 Å². The van der Waals surface area contributed by atoms with E-state index in [1.54, 1.807) is 6.07 Å². The van der Waals surface area contributed by atoms with Crippen molar-refractivity contribution in [2.45, 2.75) is 24.7 Å². The molecule has 1 fully saturated rings. The van der Waals surface area contributed by atoms with Gasteiger partial charge in [-0.15, -0.1) is 0 Å². The Balaban J connectivity index is 1.51. The normalized spacial score (nSPS) is 22.3. The molecule has 29 heavy (non-hydrogen) atoms. The molecule has 3 heterocycles. The smallest absolute Gasteiger partial charge is 0.351 e. The average molecular weight is 409 g/mol. The Kier molecular flexibility index (Phi) is 4.92. The Hall–Kier alpha value is -3.05. The number of benzene rings is 1. The second-order valence-electron chi connectivity index (χ2n) is 6.57. The first-order valence-electron chi connectivity index (χ1n) is 8.82. The molecule has 0 saturated carbocycles. The van der Waals surface area contributed by atoms with Gasteiger partial charge in [0.25, 0.3) is 11.8 Å². The Morgan fingerprint density at radius 3 is 2.72 bits per heavy atom. The van der Waals surface area contributed by atoms with Crippen LogP contribution in [0.2, 0.25) is 0 Å². The molecular formula is C18H17F2N3O6. The van der Waals surface area contributed by atoms with Gasteiger partial charge < -0.3 is 24.6 Å². The number of nitrogens with zero attached hydrogens (tertiary/aromatic N) is 2. The van der Waals surface area contributed by atoms with Gasteiger partial charge in [0.05, 0.1) is 12.7 Å². The van der Waals surface area contributed by atoms with Crippen molar-refractivity contribution < 1.29 is 32.9 Å². The Bertz CT molecular complexity index is 996. The van der Waals surface area contributed by atoms with E-state index in [0.29, 0.717) is 29.3 Å². The molecule has 0 bridgehead atoms. The number of hydrogen-bond donors (Lipinski definition) is 2. The van der Waals surface area contributed by atoms with Crippen molar-refractivity contribution in [1.29, 1.82) is 0 Å². The van der Waals surface area contributed by atoms with Crippen molar-refractivity contribution >= 4 is 11.7 Å². The molecule has 0 aliphatic carbocycles. The molecule has 1 saturated heterocycles. The quantitative estimate of drug-likeness (QED) is 0.780. The largest absolute Gasteiger partial charge is 0.486 e. The summed E-state index contributed by atoms with van der Waals surface area (Å²) in [5, 5.41) is 11.5. The van der Waals surface area contributed by atoms with Gasteiger partial charge in [-0.25, -0.2) is 13.6 Å². The number of nitrogens with one attached hydrogen (secondary N) is 1. The summed E-state index contributed by atoms with van der Waals surface area (Å²) >= 11 is 0. The lowest BCUT2D eigenvalue weighted by Gasteiger charge is -2.20. The number of alkyl halides is 2. The third kappa shape index (κ3) is 3.78. The zero-order valence-corrected chi connectivity index (χ0v) is 15.0. The van der Waals surface area contributed by atoms with E-state index in [1.807, 2.05) is 0 Å². The van der Waals surface area contributed by atoms with Crippen LogP contribution in [0.4, 0.5) is 14.6 Å². The number of aliphatic hydroxyl groups excluding tert-OH is 1. The molecule has 4 rings (SSSR count). The minimum absolute atomic E-state index is 0.105. The van der Waals surface area contributed by atoms with E-state index in [2.05, 4.69) is 10.3 Å².